The van der Waals surface area contributed by atoms with E-state index >= 15 is 0 Å². The van der Waals surface area contributed by atoms with Gasteiger partial charge in [-0.05, 0) is 43.0 Å². The van der Waals surface area contributed by atoms with Crippen molar-refractivity contribution in [2.24, 2.45) is 0 Å². The normalized spacial score (nSPS) is 16.3. The van der Waals surface area contributed by atoms with E-state index in [4.69, 9.17) is 0 Å². The van der Waals surface area contributed by atoms with Gasteiger partial charge in [0.1, 0.15) is 5.82 Å². The maximum atomic E-state index is 13.5. The number of fused-ring (bicyclic) bond motifs is 1. The Morgan fingerprint density at radius 1 is 1.22 bits per heavy atom. The third kappa shape index (κ3) is 3.52. The van der Waals surface area contributed by atoms with Crippen LogP contribution in [0.25, 0.3) is 0 Å². The third-order valence-electron chi connectivity index (χ3n) is 4.34. The summed E-state index contributed by atoms with van der Waals surface area (Å²) in [6.07, 6.45) is 1.48. The number of carbonyl (C=O) groups is 1. The monoisotopic (exact) mass is 312 g/mol. The van der Waals surface area contributed by atoms with Gasteiger partial charge in [-0.2, -0.15) is 0 Å². The van der Waals surface area contributed by atoms with Crippen molar-refractivity contribution < 1.29 is 9.18 Å². The largest absolute Gasteiger partial charge is 0.359 e. The van der Waals surface area contributed by atoms with Crippen LogP contribution in [0.4, 0.5) is 10.1 Å². The molecule has 0 radical (unpaired) electrons. The van der Waals surface area contributed by atoms with Crippen LogP contribution in [-0.2, 0) is 17.6 Å². The van der Waals surface area contributed by atoms with Crippen LogP contribution in [0, 0.1) is 5.82 Å². The predicted octanol–water partition coefficient (Wildman–Crippen LogP) is 2.94. The number of hydrogen-bond donors (Lipinski definition) is 1. The number of halogens is 1. The highest BCUT2D eigenvalue weighted by atomic mass is 19.1. The Morgan fingerprint density at radius 2 is 1.96 bits per heavy atom. The van der Waals surface area contributed by atoms with Crippen LogP contribution in [0.5, 0.6) is 0 Å². The van der Waals surface area contributed by atoms with Crippen LogP contribution in [0.1, 0.15) is 18.1 Å². The summed E-state index contributed by atoms with van der Waals surface area (Å²) in [5.41, 5.74) is 3.07. The molecule has 0 spiro atoms. The first-order valence-corrected chi connectivity index (χ1v) is 8.00. The van der Waals surface area contributed by atoms with Crippen LogP contribution < -0.4 is 10.2 Å². The van der Waals surface area contributed by atoms with Crippen molar-refractivity contribution >= 4 is 11.6 Å². The van der Waals surface area contributed by atoms with Gasteiger partial charge in [0.25, 0.3) is 0 Å². The number of nitrogens with one attached hydrogen (secondary N) is 1. The number of rotatable bonds is 5. The summed E-state index contributed by atoms with van der Waals surface area (Å²) in [5.74, 6) is -0.242. The summed E-state index contributed by atoms with van der Waals surface area (Å²) in [4.78, 5) is 14.3. The second kappa shape index (κ2) is 6.82. The fourth-order valence-corrected chi connectivity index (χ4v) is 3.12. The highest BCUT2D eigenvalue weighted by Gasteiger charge is 2.26. The second-order valence-corrected chi connectivity index (χ2v) is 6.00. The van der Waals surface area contributed by atoms with Gasteiger partial charge in [0.05, 0.1) is 6.54 Å². The van der Waals surface area contributed by atoms with E-state index in [1.807, 2.05) is 18.2 Å². The molecule has 1 aliphatic rings. The Labute approximate surface area is 136 Å². The molecule has 23 heavy (non-hydrogen) atoms. The first-order chi connectivity index (χ1) is 11.1. The standard InChI is InChI=1S/C19H21FN2O/c1-14-12-16-7-3-5-9-18(16)22(14)13-19(23)21-11-10-15-6-2-4-8-17(15)20/h2-9,14H,10-13H2,1H3,(H,21,23). The van der Waals surface area contributed by atoms with E-state index < -0.39 is 0 Å². The number of para-hydroxylation sites is 1. The van der Waals surface area contributed by atoms with Gasteiger partial charge in [0, 0.05) is 18.3 Å². The first-order valence-electron chi connectivity index (χ1n) is 8.00. The van der Waals surface area contributed by atoms with Crippen LogP contribution in [0.15, 0.2) is 48.5 Å². The minimum absolute atomic E-state index is 0.0232. The molecule has 1 unspecified atom stereocenters. The SMILES string of the molecule is CC1Cc2ccccc2N1CC(=O)NCCc1ccccc1F. The Kier molecular flexibility index (Phi) is 4.60. The molecular weight excluding hydrogens is 291 g/mol. The molecule has 0 fully saturated rings. The van der Waals surface area contributed by atoms with Crippen molar-refractivity contribution in [2.45, 2.75) is 25.8 Å². The van der Waals surface area contributed by atoms with E-state index in [1.165, 1.54) is 11.6 Å². The average Bonchev–Trinajstić information content (AvgIpc) is 2.85. The molecule has 1 aliphatic heterocycles. The van der Waals surface area contributed by atoms with E-state index in [2.05, 4.69) is 29.3 Å². The van der Waals surface area contributed by atoms with E-state index in [9.17, 15) is 9.18 Å². The van der Waals surface area contributed by atoms with E-state index in [0.717, 1.165) is 12.1 Å². The van der Waals surface area contributed by atoms with Crippen molar-refractivity contribution in [3.05, 3.63) is 65.5 Å². The molecule has 1 atom stereocenters. The number of hydrogen-bond acceptors (Lipinski definition) is 2. The highest BCUT2D eigenvalue weighted by Crippen LogP contribution is 2.31. The van der Waals surface area contributed by atoms with E-state index in [0.29, 0.717) is 31.1 Å². The molecule has 0 bridgehead atoms. The van der Waals surface area contributed by atoms with Gasteiger partial charge < -0.3 is 10.2 Å². The lowest BCUT2D eigenvalue weighted by Crippen LogP contribution is -2.40. The fourth-order valence-electron chi connectivity index (χ4n) is 3.12. The lowest BCUT2D eigenvalue weighted by molar-refractivity contribution is -0.119. The van der Waals surface area contributed by atoms with Crippen molar-refractivity contribution in [1.29, 1.82) is 0 Å². The van der Waals surface area contributed by atoms with Gasteiger partial charge in [-0.1, -0.05) is 36.4 Å². The fraction of sp³-hybridized carbons (Fsp3) is 0.316. The minimum Gasteiger partial charge on any atom is -0.359 e. The van der Waals surface area contributed by atoms with Crippen molar-refractivity contribution in [3.8, 4) is 0 Å². The molecule has 0 aliphatic carbocycles. The lowest BCUT2D eigenvalue weighted by Gasteiger charge is -2.24. The first kappa shape index (κ1) is 15.5. The molecule has 1 N–H and O–H groups in total. The van der Waals surface area contributed by atoms with Crippen molar-refractivity contribution in [1.82, 2.24) is 5.32 Å². The summed E-state index contributed by atoms with van der Waals surface area (Å²) < 4.78 is 13.5. The molecule has 1 heterocycles. The Bertz CT molecular complexity index is 701. The Hall–Kier alpha value is -2.36. The number of anilines is 1. The van der Waals surface area contributed by atoms with Gasteiger partial charge in [0.15, 0.2) is 0 Å². The topological polar surface area (TPSA) is 32.3 Å². The minimum atomic E-state index is -0.219. The second-order valence-electron chi connectivity index (χ2n) is 6.00. The number of carbonyl (C=O) groups excluding carboxylic acids is 1. The zero-order valence-corrected chi connectivity index (χ0v) is 13.3. The predicted molar refractivity (Wildman–Crippen MR) is 90.1 cm³/mol. The third-order valence-corrected chi connectivity index (χ3v) is 4.34. The van der Waals surface area contributed by atoms with Gasteiger partial charge in [-0.25, -0.2) is 4.39 Å². The van der Waals surface area contributed by atoms with Gasteiger partial charge in [-0.3, -0.25) is 4.79 Å². The van der Waals surface area contributed by atoms with Crippen LogP contribution in [0.2, 0.25) is 0 Å². The Balaban J connectivity index is 1.53. The maximum absolute atomic E-state index is 13.5. The highest BCUT2D eigenvalue weighted by molar-refractivity contribution is 5.82. The van der Waals surface area contributed by atoms with Crippen LogP contribution in [0.3, 0.4) is 0 Å². The summed E-state index contributed by atoms with van der Waals surface area (Å²) in [5, 5.41) is 2.89. The Morgan fingerprint density at radius 3 is 2.78 bits per heavy atom. The molecule has 2 aromatic carbocycles. The molecule has 2 aromatic rings. The van der Waals surface area contributed by atoms with E-state index in [1.54, 1.807) is 12.1 Å². The molecule has 4 heteroatoms. The zero-order chi connectivity index (χ0) is 16.2. The zero-order valence-electron chi connectivity index (χ0n) is 13.3. The molecule has 0 aromatic heterocycles. The molecule has 3 rings (SSSR count). The van der Waals surface area contributed by atoms with Gasteiger partial charge in [0.2, 0.25) is 5.91 Å². The maximum Gasteiger partial charge on any atom is 0.239 e. The summed E-state index contributed by atoms with van der Waals surface area (Å²) in [7, 11) is 0. The van der Waals surface area contributed by atoms with Gasteiger partial charge in [-0.15, -0.1) is 0 Å². The van der Waals surface area contributed by atoms with Crippen molar-refractivity contribution in [2.75, 3.05) is 18.0 Å². The summed E-state index contributed by atoms with van der Waals surface area (Å²) >= 11 is 0. The van der Waals surface area contributed by atoms with Crippen LogP contribution in [-0.4, -0.2) is 25.0 Å². The quantitative estimate of drug-likeness (QED) is 0.920. The van der Waals surface area contributed by atoms with E-state index in [-0.39, 0.29) is 11.7 Å². The molecule has 120 valence electrons. The smallest absolute Gasteiger partial charge is 0.239 e. The molecule has 3 nitrogen and oxygen atoms in total. The van der Waals surface area contributed by atoms with Gasteiger partial charge >= 0.3 is 0 Å². The number of amides is 1. The average molecular weight is 312 g/mol. The molecule has 1 amide bonds. The van der Waals surface area contributed by atoms with Crippen molar-refractivity contribution in [3.63, 3.8) is 0 Å². The molecule has 0 saturated carbocycles. The molecule has 0 saturated heterocycles. The summed E-state index contributed by atoms with van der Waals surface area (Å²) in [6, 6.07) is 15.2. The number of benzene rings is 2. The molecular formula is C19H21FN2O. The number of nitrogens with zero attached hydrogens (tertiary/aromatic N) is 1. The summed E-state index contributed by atoms with van der Waals surface area (Å²) in [6.45, 7) is 2.92. The lowest BCUT2D eigenvalue weighted by atomic mass is 10.1. The van der Waals surface area contributed by atoms with Crippen LogP contribution >= 0.6 is 0 Å².